The standard InChI is InChI=1S/C8H6Br3ClO2Si/c1-4(12)13-15-14-6-3-2-5(9)7(10)8(6)11/h2-4H,1H3. The van der Waals surface area contributed by atoms with Gasteiger partial charge in [-0.05, 0) is 66.8 Å². The fraction of sp³-hybridized carbons (Fsp3) is 0.250. The highest BCUT2D eigenvalue weighted by atomic mass is 79.9. The van der Waals surface area contributed by atoms with Crippen LogP contribution in [0.15, 0.2) is 25.6 Å². The van der Waals surface area contributed by atoms with Crippen LogP contribution >= 0.6 is 59.4 Å². The fourth-order valence-electron chi connectivity index (χ4n) is 0.722. The third-order valence-electron chi connectivity index (χ3n) is 1.36. The topological polar surface area (TPSA) is 18.5 Å². The van der Waals surface area contributed by atoms with Crippen molar-refractivity contribution < 1.29 is 8.85 Å². The maximum Gasteiger partial charge on any atom is 0.522 e. The van der Waals surface area contributed by atoms with Gasteiger partial charge in [0.05, 0.1) is 4.47 Å². The van der Waals surface area contributed by atoms with Crippen molar-refractivity contribution in [3.8, 4) is 5.75 Å². The molecule has 15 heavy (non-hydrogen) atoms. The number of hydrogen-bond acceptors (Lipinski definition) is 2. The van der Waals surface area contributed by atoms with Crippen LogP contribution in [0, 0.1) is 0 Å². The molecule has 0 spiro atoms. The number of halogens is 4. The van der Waals surface area contributed by atoms with Crippen molar-refractivity contribution >= 4 is 69.4 Å². The lowest BCUT2D eigenvalue weighted by atomic mass is 10.3. The first-order chi connectivity index (χ1) is 7.02. The van der Waals surface area contributed by atoms with Gasteiger partial charge in [-0.1, -0.05) is 11.6 Å². The minimum absolute atomic E-state index is 0.119. The van der Waals surface area contributed by atoms with E-state index in [1.54, 1.807) is 6.92 Å². The average molecular weight is 437 g/mol. The summed E-state index contributed by atoms with van der Waals surface area (Å²) in [4.78, 5) is 0. The van der Waals surface area contributed by atoms with Crippen LogP contribution < -0.4 is 4.43 Å². The molecule has 82 valence electrons. The Hall–Kier alpha value is 0.927. The number of hydrogen-bond donors (Lipinski definition) is 0. The van der Waals surface area contributed by atoms with E-state index in [0.717, 1.165) is 13.4 Å². The Bertz CT molecular complexity index is 349. The van der Waals surface area contributed by atoms with Gasteiger partial charge in [-0.15, -0.1) is 0 Å². The summed E-state index contributed by atoms with van der Waals surface area (Å²) in [6.07, 6.45) is 0. The van der Waals surface area contributed by atoms with Crippen LogP contribution in [0.1, 0.15) is 6.92 Å². The molecule has 2 radical (unpaired) electrons. The summed E-state index contributed by atoms with van der Waals surface area (Å²) in [6.45, 7) is 1.74. The van der Waals surface area contributed by atoms with E-state index in [9.17, 15) is 0 Å². The third kappa shape index (κ3) is 4.36. The Morgan fingerprint density at radius 1 is 1.27 bits per heavy atom. The zero-order valence-electron chi connectivity index (χ0n) is 7.56. The van der Waals surface area contributed by atoms with Crippen LogP contribution in [0.3, 0.4) is 0 Å². The molecule has 1 atom stereocenters. The predicted octanol–water partition coefficient (Wildman–Crippen LogP) is 4.49. The molecule has 2 nitrogen and oxygen atoms in total. The van der Waals surface area contributed by atoms with E-state index >= 15 is 0 Å². The lowest BCUT2D eigenvalue weighted by Gasteiger charge is -2.09. The molecule has 0 aliphatic rings. The van der Waals surface area contributed by atoms with E-state index in [1.165, 1.54) is 0 Å². The van der Waals surface area contributed by atoms with Gasteiger partial charge in [0.2, 0.25) is 0 Å². The van der Waals surface area contributed by atoms with E-state index in [-0.39, 0.29) is 15.6 Å². The summed E-state index contributed by atoms with van der Waals surface area (Å²) in [6, 6.07) is 3.73. The Morgan fingerprint density at radius 2 is 1.93 bits per heavy atom. The van der Waals surface area contributed by atoms with E-state index in [4.69, 9.17) is 20.5 Å². The SMILES string of the molecule is CC(Cl)O[Si]Oc1ccc(Br)c(Br)c1Br. The zero-order valence-corrected chi connectivity index (χ0v) is 14.1. The molecule has 0 aliphatic carbocycles. The maximum atomic E-state index is 5.62. The molecule has 0 amide bonds. The quantitative estimate of drug-likeness (QED) is 0.393. The van der Waals surface area contributed by atoms with Crippen LogP contribution in [0.4, 0.5) is 0 Å². The van der Waals surface area contributed by atoms with E-state index in [2.05, 4.69) is 47.8 Å². The third-order valence-corrected chi connectivity index (χ3v) is 5.69. The van der Waals surface area contributed by atoms with Gasteiger partial charge in [-0.2, -0.15) is 0 Å². The lowest BCUT2D eigenvalue weighted by Crippen LogP contribution is -2.12. The van der Waals surface area contributed by atoms with Crippen LogP contribution in [0.5, 0.6) is 5.75 Å². The van der Waals surface area contributed by atoms with Crippen LogP contribution in [0.2, 0.25) is 0 Å². The Labute approximate surface area is 121 Å². The molecule has 0 bridgehead atoms. The van der Waals surface area contributed by atoms with Gasteiger partial charge in [0.1, 0.15) is 11.3 Å². The molecule has 1 unspecified atom stereocenters. The second kappa shape index (κ2) is 6.61. The Kier molecular flexibility index (Phi) is 6.17. The van der Waals surface area contributed by atoms with E-state index in [0.29, 0.717) is 5.75 Å². The second-order valence-corrected chi connectivity index (χ2v) is 6.18. The first-order valence-electron chi connectivity index (χ1n) is 3.87. The van der Waals surface area contributed by atoms with Crippen molar-refractivity contribution in [2.24, 2.45) is 0 Å². The molecule has 0 saturated heterocycles. The molecular weight excluding hydrogens is 431 g/mol. The molecule has 0 N–H and O–H groups in total. The van der Waals surface area contributed by atoms with Crippen LogP contribution in [-0.4, -0.2) is 15.6 Å². The van der Waals surface area contributed by atoms with Crippen molar-refractivity contribution in [3.63, 3.8) is 0 Å². The van der Waals surface area contributed by atoms with Crippen molar-refractivity contribution in [2.75, 3.05) is 0 Å². The van der Waals surface area contributed by atoms with Gasteiger partial charge in [0.25, 0.3) is 0 Å². The minimum atomic E-state index is -0.346. The summed E-state index contributed by atoms with van der Waals surface area (Å²) in [5, 5.41) is 0. The molecule has 0 aromatic heterocycles. The highest BCUT2D eigenvalue weighted by Gasteiger charge is 2.10. The van der Waals surface area contributed by atoms with Gasteiger partial charge in [-0.3, -0.25) is 0 Å². The molecular formula is C8H6Br3ClO2Si. The fourth-order valence-corrected chi connectivity index (χ4v) is 2.77. The number of rotatable bonds is 4. The van der Waals surface area contributed by atoms with Crippen LogP contribution in [-0.2, 0) is 4.43 Å². The molecule has 1 rings (SSSR count). The van der Waals surface area contributed by atoms with Crippen LogP contribution in [0.25, 0.3) is 0 Å². The maximum absolute atomic E-state index is 5.62. The lowest BCUT2D eigenvalue weighted by molar-refractivity contribution is 0.274. The molecule has 0 heterocycles. The highest BCUT2D eigenvalue weighted by Crippen LogP contribution is 2.37. The first kappa shape index (κ1) is 14.0. The Balaban J connectivity index is 2.66. The highest BCUT2D eigenvalue weighted by molar-refractivity contribution is 9.14. The number of benzene rings is 1. The summed E-state index contributed by atoms with van der Waals surface area (Å²) in [5.41, 5.74) is -0.346. The summed E-state index contributed by atoms with van der Waals surface area (Å²) < 4.78 is 13.2. The molecule has 1 aromatic rings. The predicted molar refractivity (Wildman–Crippen MR) is 72.3 cm³/mol. The van der Waals surface area contributed by atoms with E-state index < -0.39 is 0 Å². The number of alkyl halides is 1. The minimum Gasteiger partial charge on any atom is -0.516 e. The normalized spacial score (nSPS) is 12.6. The molecule has 0 saturated carbocycles. The van der Waals surface area contributed by atoms with Gasteiger partial charge in [0.15, 0.2) is 0 Å². The van der Waals surface area contributed by atoms with Crippen molar-refractivity contribution in [1.29, 1.82) is 0 Å². The van der Waals surface area contributed by atoms with Gasteiger partial charge in [-0.25, -0.2) is 0 Å². The first-order valence-corrected chi connectivity index (χ1v) is 7.50. The zero-order chi connectivity index (χ0) is 11.4. The van der Waals surface area contributed by atoms with Gasteiger partial charge in [0, 0.05) is 8.95 Å². The Morgan fingerprint density at radius 3 is 2.53 bits per heavy atom. The van der Waals surface area contributed by atoms with E-state index in [1.807, 2.05) is 12.1 Å². The summed E-state index contributed by atoms with van der Waals surface area (Å²) >= 11 is 15.8. The summed E-state index contributed by atoms with van der Waals surface area (Å²) in [5.74, 6) is 0.709. The molecule has 7 heteroatoms. The van der Waals surface area contributed by atoms with Gasteiger partial charge < -0.3 is 8.85 Å². The smallest absolute Gasteiger partial charge is 0.516 e. The summed E-state index contributed by atoms with van der Waals surface area (Å²) in [7, 11) is -0.119. The monoisotopic (exact) mass is 434 g/mol. The molecule has 1 aromatic carbocycles. The molecule has 0 fully saturated rings. The van der Waals surface area contributed by atoms with Crippen molar-refractivity contribution in [1.82, 2.24) is 0 Å². The van der Waals surface area contributed by atoms with Crippen molar-refractivity contribution in [3.05, 3.63) is 25.6 Å². The molecule has 0 aliphatic heterocycles. The van der Waals surface area contributed by atoms with Crippen molar-refractivity contribution in [2.45, 2.75) is 12.5 Å². The second-order valence-electron chi connectivity index (χ2n) is 2.52. The average Bonchev–Trinajstić information content (AvgIpc) is 2.18. The van der Waals surface area contributed by atoms with Gasteiger partial charge >= 0.3 is 10.0 Å². The largest absolute Gasteiger partial charge is 0.522 e.